The summed E-state index contributed by atoms with van der Waals surface area (Å²) in [5, 5.41) is 14.2. The van der Waals surface area contributed by atoms with Crippen molar-refractivity contribution in [3.63, 3.8) is 0 Å². The molecular weight excluding hydrogens is 917 g/mol. The minimum absolute atomic E-state index is 0.591. The number of thiophene rings is 2. The van der Waals surface area contributed by atoms with E-state index in [0.717, 1.165) is 77.2 Å². The summed E-state index contributed by atoms with van der Waals surface area (Å²) in [4.78, 5) is 16.6. The number of hydrogen-bond donors (Lipinski definition) is 0. The van der Waals surface area contributed by atoms with Gasteiger partial charge in [-0.1, -0.05) is 140 Å². The normalized spacial score (nSPS) is 12.2. The first-order chi connectivity index (χ1) is 35.7. The second-order valence-electron chi connectivity index (χ2n) is 18.6. The van der Waals surface area contributed by atoms with Crippen LogP contribution < -0.4 is 0 Å². The Bertz CT molecular complexity index is 4830. The maximum absolute atomic E-state index is 6.61. The van der Waals surface area contributed by atoms with Crippen molar-refractivity contribution in [2.75, 3.05) is 0 Å². The summed E-state index contributed by atoms with van der Waals surface area (Å²) in [5.74, 6) is 1.85. The molecule has 0 atom stereocenters. The van der Waals surface area contributed by atoms with Crippen molar-refractivity contribution in [1.29, 1.82) is 0 Å². The van der Waals surface area contributed by atoms with E-state index in [1.54, 1.807) is 22.7 Å². The van der Waals surface area contributed by atoms with Crippen LogP contribution in [0.2, 0.25) is 0 Å². The summed E-state index contributed by atoms with van der Waals surface area (Å²) in [6, 6.07) is 78.6. The van der Waals surface area contributed by atoms with E-state index in [1.807, 2.05) is 12.1 Å². The third-order valence-corrected chi connectivity index (χ3v) is 16.9. The lowest BCUT2D eigenvalue weighted by atomic mass is 9.96. The van der Waals surface area contributed by atoms with Gasteiger partial charge in [0.2, 0.25) is 0 Å². The molecule has 11 aromatic carbocycles. The summed E-state index contributed by atoms with van der Waals surface area (Å²) in [5.41, 5.74) is 9.81. The molecule has 0 radical (unpaired) electrons. The van der Waals surface area contributed by atoms with Gasteiger partial charge in [0.25, 0.3) is 0 Å². The number of para-hydroxylation sites is 1. The molecule has 0 fully saturated rings. The maximum atomic E-state index is 6.61. The number of furan rings is 1. The molecule has 0 N–H and O–H groups in total. The van der Waals surface area contributed by atoms with Gasteiger partial charge >= 0.3 is 0 Å². The summed E-state index contributed by atoms with van der Waals surface area (Å²) in [7, 11) is 0. The monoisotopic (exact) mass is 952 g/mol. The Morgan fingerprint density at radius 2 is 0.889 bits per heavy atom. The Labute approximate surface area is 419 Å². The zero-order valence-corrected chi connectivity index (χ0v) is 39.9. The van der Waals surface area contributed by atoms with Crippen LogP contribution in [-0.4, -0.2) is 19.5 Å². The molecule has 7 heteroatoms. The van der Waals surface area contributed by atoms with E-state index in [4.69, 9.17) is 19.4 Å². The van der Waals surface area contributed by atoms with Crippen LogP contribution in [0.1, 0.15) is 0 Å². The number of rotatable bonds is 5. The molecule has 72 heavy (non-hydrogen) atoms. The van der Waals surface area contributed by atoms with Crippen LogP contribution >= 0.6 is 22.7 Å². The minimum atomic E-state index is 0.591. The second-order valence-corrected chi connectivity index (χ2v) is 20.8. The Hall–Kier alpha value is -9.01. The Morgan fingerprint density at radius 3 is 1.60 bits per heavy atom. The van der Waals surface area contributed by atoms with E-state index < -0.39 is 0 Å². The lowest BCUT2D eigenvalue weighted by Gasteiger charge is -2.16. The summed E-state index contributed by atoms with van der Waals surface area (Å²) >= 11 is 3.60. The summed E-state index contributed by atoms with van der Waals surface area (Å²) in [6.07, 6.45) is 0. The zero-order valence-electron chi connectivity index (χ0n) is 38.3. The van der Waals surface area contributed by atoms with Crippen molar-refractivity contribution in [3.05, 3.63) is 218 Å². The van der Waals surface area contributed by atoms with Crippen LogP contribution in [-0.2, 0) is 0 Å². The van der Waals surface area contributed by atoms with Crippen LogP contribution in [0.4, 0.5) is 0 Å². The van der Waals surface area contributed by atoms with E-state index in [0.29, 0.717) is 17.5 Å². The van der Waals surface area contributed by atoms with Gasteiger partial charge in [-0.15, -0.1) is 22.7 Å². The standard InChI is InChI=1S/C65H36N4OS2/c1-2-15-39-34-53-51(33-38(39)14-1)60-42-16-4-3-13-37(42)28-32-52(60)69(53)41-29-31-45(50(36-41)40-27-30-44-43-17-5-8-22-54(43)70-55(44)35-40)63-66-64(48-20-11-25-58-61(48)46-18-6-9-23-56(46)71-58)68-65(67-63)49-21-12-26-59-62(49)47-19-7-10-24-57(47)72-59/h1-36H. The molecule has 0 aliphatic carbocycles. The molecule has 16 rings (SSSR count). The average Bonchev–Trinajstić information content (AvgIpc) is 4.21. The Kier molecular flexibility index (Phi) is 8.43. The van der Waals surface area contributed by atoms with Crippen LogP contribution in [0.15, 0.2) is 223 Å². The third-order valence-electron chi connectivity index (χ3n) is 14.6. The van der Waals surface area contributed by atoms with E-state index in [9.17, 15) is 0 Å². The molecule has 5 aromatic heterocycles. The van der Waals surface area contributed by atoms with E-state index in [-0.39, 0.29) is 0 Å². The van der Waals surface area contributed by atoms with Gasteiger partial charge in [-0.3, -0.25) is 0 Å². The number of benzene rings is 11. The SMILES string of the molecule is c1ccc2cc3c(cc2c1)c1c2ccccc2ccc1n3-c1ccc(-c2nc(-c3cccc4sc5ccccc5c34)nc(-c3cccc4sc5ccccc5c34)n2)c(-c2ccc3c(c2)oc2ccccc23)c1. The predicted octanol–water partition coefficient (Wildman–Crippen LogP) is 18.6. The fourth-order valence-electron chi connectivity index (χ4n) is 11.4. The molecule has 0 aliphatic heterocycles. The first-order valence-corrected chi connectivity index (χ1v) is 25.8. The van der Waals surface area contributed by atoms with Gasteiger partial charge in [0, 0.05) is 84.3 Å². The fraction of sp³-hybridized carbons (Fsp3) is 0. The first kappa shape index (κ1) is 39.8. The Balaban J connectivity index is 1.01. The van der Waals surface area contributed by atoms with Gasteiger partial charge in [-0.25, -0.2) is 15.0 Å². The van der Waals surface area contributed by atoms with Crippen LogP contribution in [0.5, 0.6) is 0 Å². The lowest BCUT2D eigenvalue weighted by Crippen LogP contribution is -2.02. The highest BCUT2D eigenvalue weighted by atomic mass is 32.1. The van der Waals surface area contributed by atoms with Crippen molar-refractivity contribution >= 4 is 128 Å². The first-order valence-electron chi connectivity index (χ1n) is 24.2. The van der Waals surface area contributed by atoms with Gasteiger partial charge < -0.3 is 8.98 Å². The largest absolute Gasteiger partial charge is 0.456 e. The van der Waals surface area contributed by atoms with E-state index >= 15 is 0 Å². The Morgan fingerprint density at radius 1 is 0.319 bits per heavy atom. The minimum Gasteiger partial charge on any atom is -0.456 e. The van der Waals surface area contributed by atoms with Crippen molar-refractivity contribution in [2.24, 2.45) is 0 Å². The smallest absolute Gasteiger partial charge is 0.164 e. The van der Waals surface area contributed by atoms with Crippen molar-refractivity contribution in [1.82, 2.24) is 19.5 Å². The number of hydrogen-bond acceptors (Lipinski definition) is 6. The number of nitrogens with zero attached hydrogens (tertiary/aromatic N) is 4. The summed E-state index contributed by atoms with van der Waals surface area (Å²) < 4.78 is 13.9. The molecule has 0 unspecified atom stereocenters. The van der Waals surface area contributed by atoms with Crippen LogP contribution in [0.3, 0.4) is 0 Å². The van der Waals surface area contributed by atoms with Gasteiger partial charge in [-0.2, -0.15) is 0 Å². The predicted molar refractivity (Wildman–Crippen MR) is 304 cm³/mol. The fourth-order valence-corrected chi connectivity index (χ4v) is 13.7. The van der Waals surface area contributed by atoms with Gasteiger partial charge in [-0.05, 0) is 112 Å². The van der Waals surface area contributed by atoms with Gasteiger partial charge in [0.15, 0.2) is 17.5 Å². The number of fused-ring (bicyclic) bond motifs is 15. The molecule has 334 valence electrons. The topological polar surface area (TPSA) is 56.7 Å². The summed E-state index contributed by atoms with van der Waals surface area (Å²) in [6.45, 7) is 0. The van der Waals surface area contributed by atoms with E-state index in [2.05, 4.69) is 211 Å². The molecule has 5 nitrogen and oxygen atoms in total. The highest BCUT2D eigenvalue weighted by Gasteiger charge is 2.23. The molecule has 16 aromatic rings. The quantitative estimate of drug-likeness (QED) is 0.172. The molecule has 5 heterocycles. The van der Waals surface area contributed by atoms with Gasteiger partial charge in [0.1, 0.15) is 11.2 Å². The van der Waals surface area contributed by atoms with E-state index in [1.165, 1.54) is 61.9 Å². The zero-order chi connectivity index (χ0) is 47.0. The molecule has 0 aliphatic rings. The molecule has 0 spiro atoms. The highest BCUT2D eigenvalue weighted by Crippen LogP contribution is 2.45. The van der Waals surface area contributed by atoms with Crippen molar-refractivity contribution < 1.29 is 4.42 Å². The number of aromatic nitrogens is 4. The lowest BCUT2D eigenvalue weighted by molar-refractivity contribution is 0.669. The maximum Gasteiger partial charge on any atom is 0.164 e. The molecular formula is C65H36N4OS2. The molecule has 0 saturated carbocycles. The third kappa shape index (κ3) is 5.89. The van der Waals surface area contributed by atoms with Crippen molar-refractivity contribution in [3.8, 4) is 51.0 Å². The van der Waals surface area contributed by atoms with Crippen LogP contribution in [0.25, 0.3) is 157 Å². The van der Waals surface area contributed by atoms with Crippen LogP contribution in [0, 0.1) is 0 Å². The van der Waals surface area contributed by atoms with Gasteiger partial charge in [0.05, 0.1) is 11.0 Å². The highest BCUT2D eigenvalue weighted by molar-refractivity contribution is 7.26. The second kappa shape index (κ2) is 15.2. The molecule has 0 saturated heterocycles. The van der Waals surface area contributed by atoms with Crippen molar-refractivity contribution in [2.45, 2.75) is 0 Å². The average molecular weight is 953 g/mol. The molecule has 0 bridgehead atoms. The molecule has 0 amide bonds.